The Balaban J connectivity index is 4.69. The number of amides is 2. The third kappa shape index (κ3) is 3.91. The number of carboxylic acid groups (broad SMARTS) is 1. The van der Waals surface area contributed by atoms with Crippen LogP contribution in [0.4, 0.5) is 4.79 Å². The maximum atomic E-state index is 11.9. The maximum Gasteiger partial charge on any atom is 0.329 e. The highest BCUT2D eigenvalue weighted by Crippen LogP contribution is 2.13. The van der Waals surface area contributed by atoms with Crippen LogP contribution in [0.1, 0.15) is 41.0 Å². The average molecular weight is 244 g/mol. The summed E-state index contributed by atoms with van der Waals surface area (Å²) in [6.45, 7) is 9.23. The van der Waals surface area contributed by atoms with Crippen LogP contribution in [0, 0.1) is 5.92 Å². The predicted octanol–water partition coefficient (Wildman–Crippen LogP) is 1.93. The molecule has 0 aliphatic carbocycles. The molecule has 0 aromatic carbocycles. The fourth-order valence-corrected chi connectivity index (χ4v) is 1.25. The smallest absolute Gasteiger partial charge is 0.329 e. The van der Waals surface area contributed by atoms with Crippen LogP contribution >= 0.6 is 0 Å². The highest BCUT2D eigenvalue weighted by atomic mass is 16.4. The summed E-state index contributed by atoms with van der Waals surface area (Å²) in [6, 6.07) is -0.289. The van der Waals surface area contributed by atoms with E-state index < -0.39 is 11.5 Å². The number of urea groups is 1. The molecule has 0 saturated carbocycles. The molecule has 0 saturated heterocycles. The Morgan fingerprint density at radius 1 is 1.35 bits per heavy atom. The van der Waals surface area contributed by atoms with Crippen molar-refractivity contribution in [3.63, 3.8) is 0 Å². The summed E-state index contributed by atoms with van der Waals surface area (Å²) in [5, 5.41) is 11.6. The number of aliphatic carboxylic acids is 1. The van der Waals surface area contributed by atoms with E-state index in [1.54, 1.807) is 18.9 Å². The van der Waals surface area contributed by atoms with E-state index in [1.165, 1.54) is 6.92 Å². The van der Waals surface area contributed by atoms with Crippen molar-refractivity contribution in [1.82, 2.24) is 10.2 Å². The number of carbonyl (C=O) groups excluding carboxylic acids is 1. The van der Waals surface area contributed by atoms with Gasteiger partial charge in [0.2, 0.25) is 0 Å². The standard InChI is InChI=1S/C12H24N2O3/c1-7-12(5,10(15)16)13-11(17)14(6)9(4)8(2)3/h8-9H,7H2,1-6H3,(H,13,17)(H,15,16). The second-order valence-electron chi connectivity index (χ2n) is 5.02. The molecule has 0 aliphatic heterocycles. The Bertz CT molecular complexity index is 291. The van der Waals surface area contributed by atoms with Gasteiger partial charge in [-0.2, -0.15) is 0 Å². The van der Waals surface area contributed by atoms with Crippen LogP contribution in [0.3, 0.4) is 0 Å². The van der Waals surface area contributed by atoms with E-state index in [2.05, 4.69) is 5.32 Å². The Morgan fingerprint density at radius 2 is 1.82 bits per heavy atom. The first-order valence-electron chi connectivity index (χ1n) is 5.94. The summed E-state index contributed by atoms with van der Waals surface area (Å²) >= 11 is 0. The van der Waals surface area contributed by atoms with E-state index >= 15 is 0 Å². The number of nitrogens with zero attached hydrogens (tertiary/aromatic N) is 1. The van der Waals surface area contributed by atoms with Gasteiger partial charge >= 0.3 is 12.0 Å². The summed E-state index contributed by atoms with van der Waals surface area (Å²) in [7, 11) is 1.68. The molecule has 0 aromatic rings. The molecule has 2 atom stereocenters. The lowest BCUT2D eigenvalue weighted by Crippen LogP contribution is -2.56. The molecule has 2 unspecified atom stereocenters. The molecule has 0 aromatic heterocycles. The van der Waals surface area contributed by atoms with Gasteiger partial charge in [-0.3, -0.25) is 0 Å². The van der Waals surface area contributed by atoms with E-state index in [9.17, 15) is 9.59 Å². The first-order valence-corrected chi connectivity index (χ1v) is 5.94. The van der Waals surface area contributed by atoms with Gasteiger partial charge < -0.3 is 15.3 Å². The molecular formula is C12H24N2O3. The molecule has 2 amide bonds. The van der Waals surface area contributed by atoms with Crippen molar-refractivity contribution in [2.45, 2.75) is 52.6 Å². The molecule has 0 spiro atoms. The zero-order valence-electron chi connectivity index (χ0n) is 11.6. The largest absolute Gasteiger partial charge is 0.480 e. The second kappa shape index (κ2) is 5.89. The normalized spacial score (nSPS) is 16.2. The summed E-state index contributed by atoms with van der Waals surface area (Å²) < 4.78 is 0. The zero-order chi connectivity index (χ0) is 13.8. The van der Waals surface area contributed by atoms with Gasteiger partial charge in [-0.05, 0) is 26.2 Å². The molecular weight excluding hydrogens is 220 g/mol. The SMILES string of the molecule is CCC(C)(NC(=O)N(C)C(C)C(C)C)C(=O)O. The van der Waals surface area contributed by atoms with Crippen molar-refractivity contribution in [2.24, 2.45) is 5.92 Å². The Kier molecular flexibility index (Phi) is 5.45. The van der Waals surface area contributed by atoms with Crippen molar-refractivity contribution in [2.75, 3.05) is 7.05 Å². The number of carboxylic acids is 1. The van der Waals surface area contributed by atoms with Gasteiger partial charge in [-0.25, -0.2) is 9.59 Å². The lowest BCUT2D eigenvalue weighted by Gasteiger charge is -2.32. The number of nitrogens with one attached hydrogen (secondary N) is 1. The highest BCUT2D eigenvalue weighted by Gasteiger charge is 2.34. The van der Waals surface area contributed by atoms with Crippen LogP contribution in [0.25, 0.3) is 0 Å². The fraction of sp³-hybridized carbons (Fsp3) is 0.833. The van der Waals surface area contributed by atoms with Gasteiger partial charge in [-0.15, -0.1) is 0 Å². The molecule has 0 bridgehead atoms. The average Bonchev–Trinajstić information content (AvgIpc) is 2.26. The zero-order valence-corrected chi connectivity index (χ0v) is 11.6. The van der Waals surface area contributed by atoms with Crippen molar-refractivity contribution in [3.8, 4) is 0 Å². The first-order chi connectivity index (χ1) is 7.65. The van der Waals surface area contributed by atoms with E-state index in [-0.39, 0.29) is 12.1 Å². The van der Waals surface area contributed by atoms with Crippen molar-refractivity contribution in [3.05, 3.63) is 0 Å². The summed E-state index contributed by atoms with van der Waals surface area (Å²) in [5.41, 5.74) is -1.21. The molecule has 0 rings (SSSR count). The topological polar surface area (TPSA) is 69.6 Å². The monoisotopic (exact) mass is 244 g/mol. The van der Waals surface area contributed by atoms with Crippen molar-refractivity contribution < 1.29 is 14.7 Å². The van der Waals surface area contributed by atoms with Crippen LogP contribution < -0.4 is 5.32 Å². The number of rotatable bonds is 5. The molecule has 17 heavy (non-hydrogen) atoms. The maximum absolute atomic E-state index is 11.9. The number of hydrogen-bond donors (Lipinski definition) is 2. The minimum atomic E-state index is -1.21. The lowest BCUT2D eigenvalue weighted by molar-refractivity contribution is -0.143. The first kappa shape index (κ1) is 15.7. The number of hydrogen-bond acceptors (Lipinski definition) is 2. The van der Waals surface area contributed by atoms with E-state index in [0.717, 1.165) is 0 Å². The van der Waals surface area contributed by atoms with Gasteiger partial charge in [0.05, 0.1) is 0 Å². The van der Waals surface area contributed by atoms with Crippen LogP contribution in [0.15, 0.2) is 0 Å². The summed E-state index contributed by atoms with van der Waals surface area (Å²) in [6.07, 6.45) is 0.345. The van der Waals surface area contributed by atoms with Gasteiger partial charge in [0, 0.05) is 13.1 Å². The van der Waals surface area contributed by atoms with E-state index in [0.29, 0.717) is 12.3 Å². The number of carbonyl (C=O) groups is 2. The Labute approximate surface area is 103 Å². The van der Waals surface area contributed by atoms with Crippen LogP contribution in [-0.2, 0) is 4.79 Å². The molecule has 0 radical (unpaired) electrons. The fourth-order valence-electron chi connectivity index (χ4n) is 1.25. The van der Waals surface area contributed by atoms with E-state index in [1.807, 2.05) is 20.8 Å². The van der Waals surface area contributed by atoms with Gasteiger partial charge in [0.25, 0.3) is 0 Å². The Hall–Kier alpha value is -1.26. The summed E-state index contributed by atoms with van der Waals surface area (Å²) in [4.78, 5) is 24.5. The molecule has 0 aliphatic rings. The Morgan fingerprint density at radius 3 is 2.12 bits per heavy atom. The predicted molar refractivity (Wildman–Crippen MR) is 66.9 cm³/mol. The van der Waals surface area contributed by atoms with Gasteiger partial charge in [-0.1, -0.05) is 20.8 Å². The minimum absolute atomic E-state index is 0.0601. The summed E-state index contributed by atoms with van der Waals surface area (Å²) in [5.74, 6) is -0.692. The van der Waals surface area contributed by atoms with Crippen molar-refractivity contribution >= 4 is 12.0 Å². The van der Waals surface area contributed by atoms with E-state index in [4.69, 9.17) is 5.11 Å². The molecule has 5 nitrogen and oxygen atoms in total. The van der Waals surface area contributed by atoms with Crippen molar-refractivity contribution in [1.29, 1.82) is 0 Å². The molecule has 100 valence electrons. The second-order valence-corrected chi connectivity index (χ2v) is 5.02. The van der Waals surface area contributed by atoms with Crippen LogP contribution in [0.2, 0.25) is 0 Å². The minimum Gasteiger partial charge on any atom is -0.480 e. The van der Waals surface area contributed by atoms with Crippen LogP contribution in [-0.4, -0.2) is 40.6 Å². The third-order valence-electron chi connectivity index (χ3n) is 3.46. The molecule has 0 fully saturated rings. The highest BCUT2D eigenvalue weighted by molar-refractivity contribution is 5.85. The third-order valence-corrected chi connectivity index (χ3v) is 3.46. The molecule has 5 heteroatoms. The van der Waals surface area contributed by atoms with Gasteiger partial charge in [0.1, 0.15) is 5.54 Å². The molecule has 0 heterocycles. The van der Waals surface area contributed by atoms with Gasteiger partial charge in [0.15, 0.2) is 0 Å². The lowest BCUT2D eigenvalue weighted by atomic mass is 9.99. The molecule has 2 N–H and O–H groups in total. The van der Waals surface area contributed by atoms with Crippen LogP contribution in [0.5, 0.6) is 0 Å². The quantitative estimate of drug-likeness (QED) is 0.776.